The van der Waals surface area contributed by atoms with Crippen LogP contribution in [-0.4, -0.2) is 27.5 Å². The lowest BCUT2D eigenvalue weighted by atomic mass is 10.2. The minimum Gasteiger partial charge on any atom is -0.495 e. The second-order valence-electron chi connectivity index (χ2n) is 5.35. The van der Waals surface area contributed by atoms with Crippen molar-refractivity contribution in [2.24, 2.45) is 0 Å². The van der Waals surface area contributed by atoms with Crippen LogP contribution < -0.4 is 14.8 Å². The van der Waals surface area contributed by atoms with E-state index in [1.807, 2.05) is 13.0 Å². The number of benzene rings is 2. The van der Waals surface area contributed by atoms with Crippen molar-refractivity contribution in [3.8, 4) is 5.75 Å². The van der Waals surface area contributed by atoms with Crippen LogP contribution in [0, 0.1) is 6.92 Å². The molecule has 2 rings (SSSR count). The van der Waals surface area contributed by atoms with Crippen LogP contribution in [0.2, 0.25) is 0 Å². The SMILES string of the molecule is COc1ccc(C)cc1NC(=O)[C@@H](C)NS(=O)(=O)c1ccccc1. The monoisotopic (exact) mass is 348 g/mol. The van der Waals surface area contributed by atoms with E-state index in [4.69, 9.17) is 4.74 Å². The van der Waals surface area contributed by atoms with E-state index in [0.717, 1.165) is 5.56 Å². The Morgan fingerprint density at radius 1 is 1.12 bits per heavy atom. The van der Waals surface area contributed by atoms with Gasteiger partial charge in [0.15, 0.2) is 0 Å². The molecule has 1 atom stereocenters. The Balaban J connectivity index is 2.12. The Morgan fingerprint density at radius 3 is 2.42 bits per heavy atom. The summed E-state index contributed by atoms with van der Waals surface area (Å²) in [5.74, 6) is 0.0328. The molecule has 0 aromatic heterocycles. The fourth-order valence-electron chi connectivity index (χ4n) is 2.11. The highest BCUT2D eigenvalue weighted by Crippen LogP contribution is 2.25. The summed E-state index contributed by atoms with van der Waals surface area (Å²) in [6, 6.07) is 12.3. The predicted octanol–water partition coefficient (Wildman–Crippen LogP) is 2.31. The van der Waals surface area contributed by atoms with E-state index in [9.17, 15) is 13.2 Å². The van der Waals surface area contributed by atoms with Gasteiger partial charge in [0.25, 0.3) is 0 Å². The zero-order chi connectivity index (χ0) is 17.7. The molecule has 1 amide bonds. The molecule has 0 aliphatic heterocycles. The van der Waals surface area contributed by atoms with Gasteiger partial charge in [-0.2, -0.15) is 4.72 Å². The van der Waals surface area contributed by atoms with E-state index in [0.29, 0.717) is 11.4 Å². The van der Waals surface area contributed by atoms with E-state index in [2.05, 4.69) is 10.0 Å². The van der Waals surface area contributed by atoms with Crippen molar-refractivity contribution < 1.29 is 17.9 Å². The molecule has 0 aliphatic carbocycles. The van der Waals surface area contributed by atoms with Gasteiger partial charge in [-0.15, -0.1) is 0 Å². The number of sulfonamides is 1. The van der Waals surface area contributed by atoms with Gasteiger partial charge in [-0.05, 0) is 43.7 Å². The molecule has 6 nitrogen and oxygen atoms in total. The second kappa shape index (κ2) is 7.46. The van der Waals surface area contributed by atoms with Crippen molar-refractivity contribution in [2.75, 3.05) is 12.4 Å². The summed E-state index contributed by atoms with van der Waals surface area (Å²) in [7, 11) is -2.26. The van der Waals surface area contributed by atoms with Gasteiger partial charge in [-0.25, -0.2) is 8.42 Å². The zero-order valence-electron chi connectivity index (χ0n) is 13.7. The molecule has 0 radical (unpaired) electrons. The molecule has 24 heavy (non-hydrogen) atoms. The van der Waals surface area contributed by atoms with E-state index in [-0.39, 0.29) is 4.90 Å². The van der Waals surface area contributed by atoms with Crippen LogP contribution in [0.4, 0.5) is 5.69 Å². The van der Waals surface area contributed by atoms with Gasteiger partial charge in [-0.3, -0.25) is 4.79 Å². The maximum atomic E-state index is 12.3. The molecule has 0 unspecified atom stereocenters. The standard InChI is InChI=1S/C17H20N2O4S/c1-12-9-10-16(23-3)15(11-12)18-17(20)13(2)19-24(21,22)14-7-5-4-6-8-14/h4-11,13,19H,1-3H3,(H,18,20)/t13-/m1/s1. The third-order valence-corrected chi connectivity index (χ3v) is 4.95. The van der Waals surface area contributed by atoms with Crippen LogP contribution >= 0.6 is 0 Å². The first kappa shape index (κ1) is 18.0. The largest absolute Gasteiger partial charge is 0.495 e. The fourth-order valence-corrected chi connectivity index (χ4v) is 3.34. The van der Waals surface area contributed by atoms with Gasteiger partial charge >= 0.3 is 0 Å². The van der Waals surface area contributed by atoms with Crippen LogP contribution in [0.3, 0.4) is 0 Å². The average molecular weight is 348 g/mol. The maximum absolute atomic E-state index is 12.3. The van der Waals surface area contributed by atoms with Crippen LogP contribution in [0.25, 0.3) is 0 Å². The highest BCUT2D eigenvalue weighted by molar-refractivity contribution is 7.89. The van der Waals surface area contributed by atoms with Gasteiger partial charge < -0.3 is 10.1 Å². The molecule has 0 saturated heterocycles. The Kier molecular flexibility index (Phi) is 5.58. The summed E-state index contributed by atoms with van der Waals surface area (Å²) in [6.45, 7) is 3.37. The summed E-state index contributed by atoms with van der Waals surface area (Å²) in [5, 5.41) is 2.69. The number of anilines is 1. The van der Waals surface area contributed by atoms with Crippen molar-refractivity contribution in [2.45, 2.75) is 24.8 Å². The Labute approximate surface area is 141 Å². The molecule has 2 N–H and O–H groups in total. The van der Waals surface area contributed by atoms with Gasteiger partial charge in [0, 0.05) is 0 Å². The number of hydrogen-bond acceptors (Lipinski definition) is 4. The number of carbonyl (C=O) groups is 1. The third kappa shape index (κ3) is 4.33. The van der Waals surface area contributed by atoms with Gasteiger partial charge in [0.1, 0.15) is 5.75 Å². The molecule has 0 aliphatic rings. The quantitative estimate of drug-likeness (QED) is 0.839. The van der Waals surface area contributed by atoms with Crippen molar-refractivity contribution in [3.63, 3.8) is 0 Å². The first-order chi connectivity index (χ1) is 11.3. The lowest BCUT2D eigenvalue weighted by Crippen LogP contribution is -2.41. The summed E-state index contributed by atoms with van der Waals surface area (Å²) in [6.07, 6.45) is 0. The highest BCUT2D eigenvalue weighted by Gasteiger charge is 2.22. The number of carbonyl (C=O) groups excluding carboxylic acids is 1. The third-order valence-electron chi connectivity index (χ3n) is 3.39. The fraction of sp³-hybridized carbons (Fsp3) is 0.235. The van der Waals surface area contributed by atoms with E-state index in [1.54, 1.807) is 30.3 Å². The normalized spacial score (nSPS) is 12.5. The number of hydrogen-bond donors (Lipinski definition) is 2. The van der Waals surface area contributed by atoms with Gasteiger partial charge in [0.05, 0.1) is 23.7 Å². The predicted molar refractivity (Wildman–Crippen MR) is 92.6 cm³/mol. The number of aryl methyl sites for hydroxylation is 1. The Hall–Kier alpha value is -2.38. The van der Waals surface area contributed by atoms with Crippen molar-refractivity contribution in [1.82, 2.24) is 4.72 Å². The number of amides is 1. The van der Waals surface area contributed by atoms with Crippen LogP contribution in [-0.2, 0) is 14.8 Å². The number of nitrogens with one attached hydrogen (secondary N) is 2. The summed E-state index contributed by atoms with van der Waals surface area (Å²) in [5.41, 5.74) is 1.44. The van der Waals surface area contributed by atoms with Crippen molar-refractivity contribution >= 4 is 21.6 Å². The molecular formula is C17H20N2O4S. The lowest BCUT2D eigenvalue weighted by Gasteiger charge is -2.16. The molecule has 128 valence electrons. The van der Waals surface area contributed by atoms with Crippen LogP contribution in [0.5, 0.6) is 5.75 Å². The number of ether oxygens (including phenoxy) is 1. The molecule has 7 heteroatoms. The lowest BCUT2D eigenvalue weighted by molar-refractivity contribution is -0.117. The molecule has 2 aromatic carbocycles. The summed E-state index contributed by atoms with van der Waals surface area (Å²) < 4.78 is 32.1. The van der Waals surface area contributed by atoms with E-state index in [1.165, 1.54) is 26.2 Å². The topological polar surface area (TPSA) is 84.5 Å². The molecule has 0 fully saturated rings. The molecule has 0 bridgehead atoms. The van der Waals surface area contributed by atoms with E-state index >= 15 is 0 Å². The van der Waals surface area contributed by atoms with E-state index < -0.39 is 22.0 Å². The van der Waals surface area contributed by atoms with Crippen LogP contribution in [0.1, 0.15) is 12.5 Å². The minimum absolute atomic E-state index is 0.109. The molecule has 0 heterocycles. The van der Waals surface area contributed by atoms with Crippen LogP contribution in [0.15, 0.2) is 53.4 Å². The summed E-state index contributed by atoms with van der Waals surface area (Å²) in [4.78, 5) is 12.4. The minimum atomic E-state index is -3.76. The molecular weight excluding hydrogens is 328 g/mol. The Morgan fingerprint density at radius 2 is 1.79 bits per heavy atom. The Bertz CT molecular complexity index is 820. The number of methoxy groups -OCH3 is 1. The number of rotatable bonds is 6. The average Bonchev–Trinajstić information content (AvgIpc) is 2.55. The van der Waals surface area contributed by atoms with Crippen molar-refractivity contribution in [1.29, 1.82) is 0 Å². The molecule has 0 saturated carbocycles. The smallest absolute Gasteiger partial charge is 0.242 e. The second-order valence-corrected chi connectivity index (χ2v) is 7.06. The highest BCUT2D eigenvalue weighted by atomic mass is 32.2. The molecule has 2 aromatic rings. The first-order valence-corrected chi connectivity index (χ1v) is 8.84. The maximum Gasteiger partial charge on any atom is 0.242 e. The molecule has 0 spiro atoms. The van der Waals surface area contributed by atoms with Gasteiger partial charge in [0.2, 0.25) is 15.9 Å². The zero-order valence-corrected chi connectivity index (χ0v) is 14.6. The van der Waals surface area contributed by atoms with Gasteiger partial charge in [-0.1, -0.05) is 24.3 Å². The van der Waals surface area contributed by atoms with Crippen molar-refractivity contribution in [3.05, 3.63) is 54.1 Å². The summed E-state index contributed by atoms with van der Waals surface area (Å²) >= 11 is 0. The first-order valence-electron chi connectivity index (χ1n) is 7.36.